The van der Waals surface area contributed by atoms with E-state index in [1.54, 1.807) is 0 Å². The van der Waals surface area contributed by atoms with Crippen LogP contribution in [0.15, 0.2) is 0 Å². The van der Waals surface area contributed by atoms with Crippen LogP contribution in [0.4, 0.5) is 0 Å². The van der Waals surface area contributed by atoms with Crippen molar-refractivity contribution in [3.63, 3.8) is 0 Å². The van der Waals surface area contributed by atoms with E-state index in [0.717, 1.165) is 25.7 Å². The van der Waals surface area contributed by atoms with E-state index in [9.17, 15) is 4.79 Å². The van der Waals surface area contributed by atoms with Gasteiger partial charge in [-0.25, -0.2) is 0 Å². The Morgan fingerprint density at radius 3 is 1.15 bits per heavy atom. The number of rotatable bonds is 33. The average molecular weight is 565 g/mol. The molecule has 0 fully saturated rings. The van der Waals surface area contributed by atoms with Crippen molar-refractivity contribution >= 4 is 5.97 Å². The summed E-state index contributed by atoms with van der Waals surface area (Å²) in [6.45, 7) is 11.1. The van der Waals surface area contributed by atoms with Crippen LogP contribution in [0.3, 0.4) is 0 Å². The molecule has 0 unspecified atom stereocenters. The van der Waals surface area contributed by atoms with Gasteiger partial charge in [0.15, 0.2) is 0 Å². The summed E-state index contributed by atoms with van der Waals surface area (Å²) in [7, 11) is 0. The summed E-state index contributed by atoms with van der Waals surface area (Å²) in [6.07, 6.45) is 9.84. The van der Waals surface area contributed by atoms with E-state index in [4.69, 9.17) is 53.8 Å². The number of ether oxygens (including phenoxy) is 10. The van der Waals surface area contributed by atoms with Crippen molar-refractivity contribution in [3.05, 3.63) is 0 Å². The lowest BCUT2D eigenvalue weighted by Crippen LogP contribution is -2.15. The van der Waals surface area contributed by atoms with E-state index in [0.29, 0.717) is 125 Å². The van der Waals surface area contributed by atoms with E-state index in [2.05, 4.69) is 12.8 Å². The fourth-order valence-corrected chi connectivity index (χ4v) is 2.87. The van der Waals surface area contributed by atoms with Crippen molar-refractivity contribution in [2.24, 2.45) is 0 Å². The maximum atomic E-state index is 11.5. The minimum Gasteiger partial charge on any atom is -0.463 e. The normalized spacial score (nSPS) is 11.1. The Hall–Kier alpha value is -1.33. The number of carbonyl (C=O) groups is 1. The van der Waals surface area contributed by atoms with Crippen molar-refractivity contribution in [2.75, 3.05) is 126 Å². The van der Waals surface area contributed by atoms with Gasteiger partial charge in [-0.15, -0.1) is 6.42 Å². The zero-order chi connectivity index (χ0) is 28.3. The maximum Gasteiger partial charge on any atom is 0.305 e. The third-order valence-corrected chi connectivity index (χ3v) is 4.89. The molecule has 0 N–H and O–H groups in total. The predicted octanol–water partition coefficient (Wildman–Crippen LogP) is 2.28. The first-order valence-electron chi connectivity index (χ1n) is 14.1. The zero-order valence-corrected chi connectivity index (χ0v) is 24.0. The third-order valence-electron chi connectivity index (χ3n) is 4.89. The molecule has 0 aromatic carbocycles. The zero-order valence-electron chi connectivity index (χ0n) is 24.0. The second-order valence-corrected chi connectivity index (χ2v) is 8.19. The van der Waals surface area contributed by atoms with E-state index in [-0.39, 0.29) is 12.6 Å². The van der Waals surface area contributed by atoms with Gasteiger partial charge in [0.05, 0.1) is 112 Å². The molecule has 0 saturated carbocycles. The molecular formula is C28H52O11. The van der Waals surface area contributed by atoms with Gasteiger partial charge in [0, 0.05) is 6.42 Å². The molecule has 0 spiro atoms. The molecule has 0 aliphatic carbocycles. The van der Waals surface area contributed by atoms with Crippen molar-refractivity contribution in [1.82, 2.24) is 0 Å². The van der Waals surface area contributed by atoms with Crippen LogP contribution in [0.25, 0.3) is 0 Å². The fourth-order valence-electron chi connectivity index (χ4n) is 2.87. The molecule has 11 nitrogen and oxygen atoms in total. The van der Waals surface area contributed by atoms with Crippen LogP contribution in [-0.2, 0) is 52.2 Å². The van der Waals surface area contributed by atoms with Gasteiger partial charge in [-0.1, -0.05) is 32.1 Å². The number of hydrogen-bond donors (Lipinski definition) is 0. The summed E-state index contributed by atoms with van der Waals surface area (Å²) < 4.78 is 53.5. The molecule has 0 saturated heterocycles. The first-order valence-corrected chi connectivity index (χ1v) is 14.1. The van der Waals surface area contributed by atoms with Crippen LogP contribution in [0.5, 0.6) is 0 Å². The highest BCUT2D eigenvalue weighted by atomic mass is 16.6. The standard InChI is InChI=1S/C28H52O11/c1-3-5-6-7-8-28(29)39-27-26-38-25-24-37-23-22-36-21-20-35-19-18-34-17-16-33-15-14-32-13-12-31-11-10-30-9-4-2/h2H,3,5-27H2,1H3. The largest absolute Gasteiger partial charge is 0.463 e. The van der Waals surface area contributed by atoms with E-state index >= 15 is 0 Å². The minimum atomic E-state index is -0.152. The van der Waals surface area contributed by atoms with Crippen LogP contribution in [0, 0.1) is 12.3 Å². The van der Waals surface area contributed by atoms with E-state index in [1.807, 2.05) is 0 Å². The molecule has 0 rings (SSSR count). The smallest absolute Gasteiger partial charge is 0.305 e. The topological polar surface area (TPSA) is 109 Å². The van der Waals surface area contributed by atoms with Crippen LogP contribution in [0.1, 0.15) is 39.0 Å². The Bertz CT molecular complexity index is 528. The first-order chi connectivity index (χ1) is 19.3. The van der Waals surface area contributed by atoms with Crippen LogP contribution in [0.2, 0.25) is 0 Å². The first kappa shape index (κ1) is 37.7. The molecule has 0 heterocycles. The molecule has 230 valence electrons. The highest BCUT2D eigenvalue weighted by Gasteiger charge is 2.02. The van der Waals surface area contributed by atoms with Gasteiger partial charge < -0.3 is 47.4 Å². The minimum absolute atomic E-state index is 0.152. The molecule has 0 bridgehead atoms. The Morgan fingerprint density at radius 1 is 0.487 bits per heavy atom. The number of carbonyl (C=O) groups excluding carboxylic acids is 1. The summed E-state index contributed by atoms with van der Waals surface area (Å²) in [5.41, 5.74) is 0. The molecule has 0 aromatic rings. The molecule has 0 aromatic heterocycles. The highest BCUT2D eigenvalue weighted by molar-refractivity contribution is 5.69. The second-order valence-electron chi connectivity index (χ2n) is 8.19. The summed E-state index contributed by atoms with van der Waals surface area (Å²) in [5.74, 6) is 2.24. The SMILES string of the molecule is C#CCOCCOCCOCCOCCOCCOCCOCCOCCOCCOC(=O)CCCCCC. The summed E-state index contributed by atoms with van der Waals surface area (Å²) in [4.78, 5) is 11.5. The molecule has 0 aliphatic rings. The second kappa shape index (κ2) is 34.7. The Labute approximate surface area is 235 Å². The van der Waals surface area contributed by atoms with Crippen molar-refractivity contribution in [3.8, 4) is 12.3 Å². The molecule has 0 radical (unpaired) electrons. The number of esters is 1. The fraction of sp³-hybridized carbons (Fsp3) is 0.893. The van der Waals surface area contributed by atoms with Crippen LogP contribution < -0.4 is 0 Å². The van der Waals surface area contributed by atoms with Crippen LogP contribution in [-0.4, -0.2) is 132 Å². The van der Waals surface area contributed by atoms with E-state index < -0.39 is 0 Å². The van der Waals surface area contributed by atoms with Crippen molar-refractivity contribution < 1.29 is 52.2 Å². The summed E-state index contributed by atoms with van der Waals surface area (Å²) in [6, 6.07) is 0. The van der Waals surface area contributed by atoms with Gasteiger partial charge >= 0.3 is 5.97 Å². The maximum absolute atomic E-state index is 11.5. The lowest BCUT2D eigenvalue weighted by atomic mass is 10.2. The molecule has 0 amide bonds. The van der Waals surface area contributed by atoms with Gasteiger partial charge in [0.25, 0.3) is 0 Å². The van der Waals surface area contributed by atoms with Crippen molar-refractivity contribution in [1.29, 1.82) is 0 Å². The third kappa shape index (κ3) is 34.6. The summed E-state index contributed by atoms with van der Waals surface area (Å²) in [5, 5.41) is 0. The van der Waals surface area contributed by atoms with Gasteiger partial charge in [-0.3, -0.25) is 4.79 Å². The summed E-state index contributed by atoms with van der Waals surface area (Å²) >= 11 is 0. The Morgan fingerprint density at radius 2 is 0.821 bits per heavy atom. The van der Waals surface area contributed by atoms with Crippen molar-refractivity contribution in [2.45, 2.75) is 39.0 Å². The lowest BCUT2D eigenvalue weighted by Gasteiger charge is -2.09. The average Bonchev–Trinajstić information content (AvgIpc) is 2.94. The molecule has 0 atom stereocenters. The van der Waals surface area contributed by atoms with Gasteiger partial charge in [-0.05, 0) is 6.42 Å². The number of terminal acetylenes is 1. The van der Waals surface area contributed by atoms with Gasteiger partial charge in [0.1, 0.15) is 13.2 Å². The predicted molar refractivity (Wildman–Crippen MR) is 146 cm³/mol. The lowest BCUT2D eigenvalue weighted by molar-refractivity contribution is -0.145. The Balaban J connectivity index is 3.08. The number of hydrogen-bond acceptors (Lipinski definition) is 11. The monoisotopic (exact) mass is 564 g/mol. The quantitative estimate of drug-likeness (QED) is 0.0665. The van der Waals surface area contributed by atoms with Gasteiger partial charge in [-0.2, -0.15) is 0 Å². The molecule has 11 heteroatoms. The molecular weight excluding hydrogens is 512 g/mol. The van der Waals surface area contributed by atoms with Gasteiger partial charge in [0.2, 0.25) is 0 Å². The van der Waals surface area contributed by atoms with E-state index in [1.165, 1.54) is 0 Å². The highest BCUT2D eigenvalue weighted by Crippen LogP contribution is 2.03. The molecule has 39 heavy (non-hydrogen) atoms. The van der Waals surface area contributed by atoms with Crippen LogP contribution >= 0.6 is 0 Å². The Kier molecular flexibility index (Phi) is 33.5. The number of unbranched alkanes of at least 4 members (excludes halogenated alkanes) is 3. The molecule has 0 aliphatic heterocycles.